The molecule has 0 saturated carbocycles. The van der Waals surface area contributed by atoms with Gasteiger partial charge in [0, 0.05) is 24.6 Å². The van der Waals surface area contributed by atoms with Crippen LogP contribution in [0.4, 0.5) is 10.1 Å². The van der Waals surface area contributed by atoms with Crippen LogP contribution in [0.3, 0.4) is 0 Å². The number of fused-ring (bicyclic) bond motifs is 1. The Bertz CT molecular complexity index is 1210. The largest absolute Gasteiger partial charge is 0.494 e. The first kappa shape index (κ1) is 21.7. The number of halogens is 1. The number of oxazole rings is 1. The van der Waals surface area contributed by atoms with Crippen molar-refractivity contribution in [2.45, 2.75) is 19.4 Å². The Morgan fingerprint density at radius 2 is 2.00 bits per heavy atom. The number of hydrogen-bond acceptors (Lipinski definition) is 8. The van der Waals surface area contributed by atoms with Crippen LogP contribution >= 0.6 is 0 Å². The van der Waals surface area contributed by atoms with Gasteiger partial charge in [0.25, 0.3) is 5.69 Å². The van der Waals surface area contributed by atoms with Gasteiger partial charge in [0.2, 0.25) is 0 Å². The molecule has 0 fully saturated rings. The normalized spacial score (nSPS) is 10.8. The first-order valence-corrected chi connectivity index (χ1v) is 9.10. The summed E-state index contributed by atoms with van der Waals surface area (Å²) in [6.07, 6.45) is 0.117. The average Bonchev–Trinajstić information content (AvgIpc) is 3.06. The number of hydrogen-bond donors (Lipinski definition) is 0. The lowest BCUT2D eigenvalue weighted by molar-refractivity contribution is -0.384. The molecule has 1 heterocycles. The van der Waals surface area contributed by atoms with Crippen molar-refractivity contribution in [1.29, 1.82) is 0 Å². The van der Waals surface area contributed by atoms with Gasteiger partial charge in [0.15, 0.2) is 29.5 Å². The molecule has 0 bridgehead atoms. The Kier molecular flexibility index (Phi) is 6.43. The van der Waals surface area contributed by atoms with Crippen LogP contribution in [-0.2, 0) is 16.1 Å². The molecule has 11 heteroatoms. The standard InChI is InChI=1S/C20H17FN2O8/c1-29-17-7-4-12(9-14(17)21)16(24)11-30-19(25)3-2-8-22-15-6-5-13(23(27)28)10-18(15)31-20(22)26/h4-7,9-10H,2-3,8,11H2,1H3. The number of aromatic nitrogens is 1. The summed E-state index contributed by atoms with van der Waals surface area (Å²) in [5.74, 6) is -2.67. The predicted octanol–water partition coefficient (Wildman–Crippen LogP) is 2.86. The molecule has 0 aliphatic rings. The second-order valence-corrected chi connectivity index (χ2v) is 6.47. The average molecular weight is 432 g/mol. The van der Waals surface area contributed by atoms with Crippen molar-refractivity contribution in [3.63, 3.8) is 0 Å². The number of ketones is 1. The smallest absolute Gasteiger partial charge is 0.419 e. The van der Waals surface area contributed by atoms with E-state index in [1.54, 1.807) is 0 Å². The van der Waals surface area contributed by atoms with E-state index in [4.69, 9.17) is 13.9 Å². The van der Waals surface area contributed by atoms with Crippen molar-refractivity contribution in [2.24, 2.45) is 0 Å². The van der Waals surface area contributed by atoms with E-state index in [2.05, 4.69) is 0 Å². The molecule has 0 aliphatic heterocycles. The van der Waals surface area contributed by atoms with Crippen molar-refractivity contribution < 1.29 is 32.8 Å². The number of rotatable bonds is 9. The summed E-state index contributed by atoms with van der Waals surface area (Å²) in [6, 6.07) is 7.44. The Morgan fingerprint density at radius 3 is 2.68 bits per heavy atom. The number of esters is 1. The summed E-state index contributed by atoms with van der Waals surface area (Å²) in [7, 11) is 1.30. The monoisotopic (exact) mass is 432 g/mol. The lowest BCUT2D eigenvalue weighted by Gasteiger charge is -2.06. The molecular weight excluding hydrogens is 415 g/mol. The van der Waals surface area contributed by atoms with E-state index in [1.165, 1.54) is 35.9 Å². The number of carbonyl (C=O) groups excluding carboxylic acids is 2. The molecule has 162 valence electrons. The maximum atomic E-state index is 13.7. The molecule has 3 rings (SSSR count). The van der Waals surface area contributed by atoms with Gasteiger partial charge >= 0.3 is 11.7 Å². The van der Waals surface area contributed by atoms with E-state index >= 15 is 0 Å². The van der Waals surface area contributed by atoms with E-state index in [1.807, 2.05) is 0 Å². The number of nitrogens with zero attached hydrogens (tertiary/aromatic N) is 2. The fourth-order valence-corrected chi connectivity index (χ4v) is 2.90. The molecular formula is C20H17FN2O8. The minimum atomic E-state index is -0.708. The summed E-state index contributed by atoms with van der Waals surface area (Å²) in [5, 5.41) is 10.8. The Labute approximate surface area is 173 Å². The summed E-state index contributed by atoms with van der Waals surface area (Å²) < 4.78 is 29.6. The molecule has 0 unspecified atom stereocenters. The van der Waals surface area contributed by atoms with Crippen LogP contribution in [-0.4, -0.2) is 35.0 Å². The topological polar surface area (TPSA) is 131 Å². The minimum absolute atomic E-state index is 0.00911. The molecule has 1 aromatic heterocycles. The number of aryl methyl sites for hydroxylation is 1. The summed E-state index contributed by atoms with van der Waals surface area (Å²) >= 11 is 0. The first-order valence-electron chi connectivity index (χ1n) is 9.10. The third-order valence-electron chi connectivity index (χ3n) is 4.46. The van der Waals surface area contributed by atoms with E-state index < -0.39 is 34.9 Å². The third-order valence-corrected chi connectivity index (χ3v) is 4.46. The highest BCUT2D eigenvalue weighted by Crippen LogP contribution is 2.20. The molecule has 0 N–H and O–H groups in total. The highest BCUT2D eigenvalue weighted by Gasteiger charge is 2.16. The summed E-state index contributed by atoms with van der Waals surface area (Å²) in [4.78, 5) is 46.1. The zero-order valence-electron chi connectivity index (χ0n) is 16.3. The van der Waals surface area contributed by atoms with Gasteiger partial charge in [0.05, 0.1) is 23.6 Å². The molecule has 31 heavy (non-hydrogen) atoms. The van der Waals surface area contributed by atoms with Gasteiger partial charge in [-0.05, 0) is 30.7 Å². The molecule has 10 nitrogen and oxygen atoms in total. The second kappa shape index (κ2) is 9.20. The fourth-order valence-electron chi connectivity index (χ4n) is 2.90. The zero-order valence-corrected chi connectivity index (χ0v) is 16.3. The van der Waals surface area contributed by atoms with Crippen LogP contribution < -0.4 is 10.5 Å². The number of nitro groups is 1. The van der Waals surface area contributed by atoms with Crippen LogP contribution in [0.5, 0.6) is 5.75 Å². The number of benzene rings is 2. The molecule has 3 aromatic rings. The SMILES string of the molecule is COc1ccc(C(=O)COC(=O)CCCn2c(=O)oc3cc([N+](=O)[O-])ccc32)cc1F. The first-order chi connectivity index (χ1) is 14.8. The van der Waals surface area contributed by atoms with Crippen molar-refractivity contribution in [3.8, 4) is 5.75 Å². The number of methoxy groups -OCH3 is 1. The molecule has 2 aromatic carbocycles. The molecule has 0 spiro atoms. The second-order valence-electron chi connectivity index (χ2n) is 6.47. The van der Waals surface area contributed by atoms with Crippen molar-refractivity contribution >= 4 is 28.5 Å². The Balaban J connectivity index is 1.53. The highest BCUT2D eigenvalue weighted by molar-refractivity contribution is 5.98. The van der Waals surface area contributed by atoms with Gasteiger partial charge in [-0.25, -0.2) is 9.18 Å². The van der Waals surface area contributed by atoms with Gasteiger partial charge in [-0.3, -0.25) is 24.3 Å². The molecule has 0 aliphatic carbocycles. The van der Waals surface area contributed by atoms with E-state index in [-0.39, 0.29) is 42.0 Å². The van der Waals surface area contributed by atoms with Gasteiger partial charge in [-0.2, -0.15) is 0 Å². The van der Waals surface area contributed by atoms with Gasteiger partial charge < -0.3 is 13.9 Å². The number of ether oxygens (including phenoxy) is 2. The fraction of sp³-hybridized carbons (Fsp3) is 0.250. The van der Waals surface area contributed by atoms with E-state index in [0.29, 0.717) is 5.52 Å². The quantitative estimate of drug-likeness (QED) is 0.218. The number of carbonyl (C=O) groups is 2. The number of non-ortho nitro benzene ring substituents is 1. The van der Waals surface area contributed by atoms with Crippen LogP contribution in [0, 0.1) is 15.9 Å². The van der Waals surface area contributed by atoms with Gasteiger partial charge in [-0.1, -0.05) is 0 Å². The highest BCUT2D eigenvalue weighted by atomic mass is 19.1. The molecule has 0 amide bonds. The van der Waals surface area contributed by atoms with Gasteiger partial charge in [0.1, 0.15) is 0 Å². The minimum Gasteiger partial charge on any atom is -0.494 e. The summed E-state index contributed by atoms with van der Waals surface area (Å²) in [6.45, 7) is -0.445. The van der Waals surface area contributed by atoms with E-state index in [9.17, 15) is 28.9 Å². The Morgan fingerprint density at radius 1 is 1.23 bits per heavy atom. The maximum absolute atomic E-state index is 13.7. The Hall–Kier alpha value is -4.02. The van der Waals surface area contributed by atoms with Crippen molar-refractivity contribution in [1.82, 2.24) is 4.57 Å². The molecule has 0 atom stereocenters. The van der Waals surface area contributed by atoms with Crippen molar-refractivity contribution in [3.05, 3.63) is 68.4 Å². The zero-order chi connectivity index (χ0) is 22.5. The predicted molar refractivity (Wildman–Crippen MR) is 105 cm³/mol. The van der Waals surface area contributed by atoms with Crippen molar-refractivity contribution in [2.75, 3.05) is 13.7 Å². The lowest BCUT2D eigenvalue weighted by Crippen LogP contribution is -2.17. The maximum Gasteiger partial charge on any atom is 0.419 e. The number of nitro benzene ring substituents is 1. The summed E-state index contributed by atoms with van der Waals surface area (Å²) in [5.41, 5.74) is 0.259. The van der Waals surface area contributed by atoms with Crippen LogP contribution in [0.25, 0.3) is 11.1 Å². The van der Waals surface area contributed by atoms with E-state index in [0.717, 1.165) is 12.1 Å². The molecule has 0 saturated heterocycles. The number of Topliss-reactive ketones (excluding diaryl/α,β-unsaturated/α-hetero) is 1. The third kappa shape index (κ3) is 4.94. The lowest BCUT2D eigenvalue weighted by atomic mass is 10.1. The van der Waals surface area contributed by atoms with Gasteiger partial charge in [-0.15, -0.1) is 0 Å². The van der Waals surface area contributed by atoms with Crippen LogP contribution in [0.15, 0.2) is 45.6 Å². The van der Waals surface area contributed by atoms with Crippen LogP contribution in [0.2, 0.25) is 0 Å². The van der Waals surface area contributed by atoms with Crippen LogP contribution in [0.1, 0.15) is 23.2 Å². The molecule has 0 radical (unpaired) electrons.